The van der Waals surface area contributed by atoms with Gasteiger partial charge in [-0.3, -0.25) is 4.79 Å². The van der Waals surface area contributed by atoms with Crippen LogP contribution in [0.15, 0.2) is 62.3 Å². The lowest BCUT2D eigenvalue weighted by molar-refractivity contribution is 0.0422. The van der Waals surface area contributed by atoms with Crippen LogP contribution in [0.4, 0.5) is 0 Å². The molecule has 0 saturated carbocycles. The van der Waals surface area contributed by atoms with Gasteiger partial charge in [-0.05, 0) is 25.1 Å². The third-order valence-corrected chi connectivity index (χ3v) is 4.73. The fourth-order valence-corrected chi connectivity index (χ4v) is 3.25. The quantitative estimate of drug-likeness (QED) is 0.424. The van der Waals surface area contributed by atoms with Crippen LogP contribution in [0.5, 0.6) is 0 Å². The third-order valence-electron chi connectivity index (χ3n) is 4.24. The molecule has 9 heteroatoms. The molecule has 0 aliphatic rings. The van der Waals surface area contributed by atoms with Gasteiger partial charge < -0.3 is 9.26 Å². The summed E-state index contributed by atoms with van der Waals surface area (Å²) in [7, 11) is 0. The van der Waals surface area contributed by atoms with Crippen molar-refractivity contribution in [1.82, 2.24) is 19.9 Å². The maximum atomic E-state index is 12.6. The molecular formula is C20H15BrN4O4. The first-order valence-corrected chi connectivity index (χ1v) is 9.61. The average molecular weight is 455 g/mol. The summed E-state index contributed by atoms with van der Waals surface area (Å²) in [5.41, 5.74) is 0.576. The van der Waals surface area contributed by atoms with Gasteiger partial charge in [-0.1, -0.05) is 51.4 Å². The van der Waals surface area contributed by atoms with Gasteiger partial charge in [0.05, 0.1) is 5.39 Å². The fourth-order valence-electron chi connectivity index (χ4n) is 2.85. The SMILES string of the molecule is CCn1nc(C(=O)OCc2nc(-c3cccc(Br)c3)no2)c2ccccc2c1=O. The van der Waals surface area contributed by atoms with E-state index in [0.29, 0.717) is 23.1 Å². The van der Waals surface area contributed by atoms with Crippen molar-refractivity contribution < 1.29 is 14.1 Å². The van der Waals surface area contributed by atoms with E-state index in [1.54, 1.807) is 31.2 Å². The number of esters is 1. The first-order valence-electron chi connectivity index (χ1n) is 8.82. The Balaban J connectivity index is 1.57. The van der Waals surface area contributed by atoms with Crippen molar-refractivity contribution >= 4 is 32.7 Å². The Kier molecular flexibility index (Phi) is 5.22. The summed E-state index contributed by atoms with van der Waals surface area (Å²) in [5, 5.41) is 8.91. The lowest BCUT2D eigenvalue weighted by Crippen LogP contribution is -2.25. The Labute approximate surface area is 173 Å². The van der Waals surface area contributed by atoms with E-state index < -0.39 is 5.97 Å². The molecule has 0 aliphatic heterocycles. The van der Waals surface area contributed by atoms with Gasteiger partial charge >= 0.3 is 5.97 Å². The van der Waals surface area contributed by atoms with Gasteiger partial charge in [-0.15, -0.1) is 0 Å². The summed E-state index contributed by atoms with van der Waals surface area (Å²) in [5.74, 6) is -0.132. The number of benzene rings is 2. The molecule has 0 amide bonds. The number of halogens is 1. The van der Waals surface area contributed by atoms with E-state index in [1.807, 2.05) is 24.3 Å². The first kappa shape index (κ1) is 19.0. The van der Waals surface area contributed by atoms with Crippen molar-refractivity contribution in [2.45, 2.75) is 20.1 Å². The maximum Gasteiger partial charge on any atom is 0.359 e. The van der Waals surface area contributed by atoms with Gasteiger partial charge in [0.25, 0.3) is 11.4 Å². The molecule has 0 bridgehead atoms. The highest BCUT2D eigenvalue weighted by atomic mass is 79.9. The molecule has 146 valence electrons. The number of hydrogen-bond acceptors (Lipinski definition) is 7. The molecule has 0 N–H and O–H groups in total. The highest BCUT2D eigenvalue weighted by Gasteiger charge is 2.19. The molecule has 8 nitrogen and oxygen atoms in total. The van der Waals surface area contributed by atoms with Crippen LogP contribution < -0.4 is 5.56 Å². The van der Waals surface area contributed by atoms with Crippen molar-refractivity contribution in [3.05, 3.63) is 74.9 Å². The summed E-state index contributed by atoms with van der Waals surface area (Å²) >= 11 is 3.39. The molecule has 0 spiro atoms. The predicted octanol–water partition coefficient (Wildman–Crippen LogP) is 3.59. The van der Waals surface area contributed by atoms with Crippen molar-refractivity contribution in [3.63, 3.8) is 0 Å². The predicted molar refractivity (Wildman–Crippen MR) is 108 cm³/mol. The van der Waals surface area contributed by atoms with E-state index in [1.165, 1.54) is 4.68 Å². The molecule has 0 fully saturated rings. The highest BCUT2D eigenvalue weighted by molar-refractivity contribution is 9.10. The summed E-state index contributed by atoms with van der Waals surface area (Å²) in [6.07, 6.45) is 0. The zero-order valence-electron chi connectivity index (χ0n) is 15.3. The van der Waals surface area contributed by atoms with Gasteiger partial charge in [-0.2, -0.15) is 10.1 Å². The molecule has 0 unspecified atom stereocenters. The number of aryl methyl sites for hydroxylation is 1. The molecule has 4 rings (SSSR count). The van der Waals surface area contributed by atoms with Gasteiger partial charge in [0.1, 0.15) is 0 Å². The number of ether oxygens (including phenoxy) is 1. The number of rotatable bonds is 5. The molecule has 2 heterocycles. The molecule has 0 aliphatic carbocycles. The Morgan fingerprint density at radius 1 is 1.17 bits per heavy atom. The largest absolute Gasteiger partial charge is 0.451 e. The average Bonchev–Trinajstić information content (AvgIpc) is 3.22. The van der Waals surface area contributed by atoms with E-state index in [9.17, 15) is 9.59 Å². The molecule has 0 atom stereocenters. The number of hydrogen-bond donors (Lipinski definition) is 0. The minimum Gasteiger partial charge on any atom is -0.451 e. The number of carbonyl (C=O) groups is 1. The third kappa shape index (κ3) is 3.81. The standard InChI is InChI=1S/C20H15BrN4O4/c1-2-25-19(26)15-9-4-3-8-14(15)17(23-25)20(27)28-11-16-22-18(24-29-16)12-6-5-7-13(21)10-12/h3-10H,2,11H2,1H3. The van der Waals surface area contributed by atoms with Gasteiger partial charge in [0, 0.05) is 22.0 Å². The van der Waals surface area contributed by atoms with Crippen LogP contribution in [-0.2, 0) is 17.9 Å². The molecule has 0 radical (unpaired) electrons. The van der Waals surface area contributed by atoms with Crippen LogP contribution in [0.3, 0.4) is 0 Å². The zero-order valence-corrected chi connectivity index (χ0v) is 16.9. The van der Waals surface area contributed by atoms with Crippen molar-refractivity contribution in [3.8, 4) is 11.4 Å². The van der Waals surface area contributed by atoms with Crippen LogP contribution in [0, 0.1) is 0 Å². The molecular weight excluding hydrogens is 440 g/mol. The minimum absolute atomic E-state index is 0.0637. The number of nitrogens with zero attached hydrogens (tertiary/aromatic N) is 4. The van der Waals surface area contributed by atoms with Crippen molar-refractivity contribution in [2.24, 2.45) is 0 Å². The van der Waals surface area contributed by atoms with Crippen molar-refractivity contribution in [2.75, 3.05) is 0 Å². The molecule has 2 aromatic heterocycles. The first-order chi connectivity index (χ1) is 14.1. The monoisotopic (exact) mass is 454 g/mol. The summed E-state index contributed by atoms with van der Waals surface area (Å²) in [6.45, 7) is 1.91. The normalized spacial score (nSPS) is 11.0. The summed E-state index contributed by atoms with van der Waals surface area (Å²) in [6, 6.07) is 14.2. The van der Waals surface area contributed by atoms with Gasteiger partial charge in [0.15, 0.2) is 12.3 Å². The van der Waals surface area contributed by atoms with E-state index in [4.69, 9.17) is 9.26 Å². The Morgan fingerprint density at radius 2 is 1.97 bits per heavy atom. The van der Waals surface area contributed by atoms with E-state index in [2.05, 4.69) is 31.2 Å². The smallest absolute Gasteiger partial charge is 0.359 e. The number of carbonyl (C=O) groups excluding carboxylic acids is 1. The van der Waals surface area contributed by atoms with Crippen LogP contribution in [0.2, 0.25) is 0 Å². The number of aromatic nitrogens is 4. The minimum atomic E-state index is -0.675. The summed E-state index contributed by atoms with van der Waals surface area (Å²) < 4.78 is 12.6. The second kappa shape index (κ2) is 7.96. The fraction of sp³-hybridized carbons (Fsp3) is 0.150. The van der Waals surface area contributed by atoms with Crippen LogP contribution >= 0.6 is 15.9 Å². The van der Waals surface area contributed by atoms with Crippen LogP contribution in [0.1, 0.15) is 23.3 Å². The molecule has 0 saturated heterocycles. The van der Waals surface area contributed by atoms with E-state index >= 15 is 0 Å². The second-order valence-electron chi connectivity index (χ2n) is 6.11. The Morgan fingerprint density at radius 3 is 2.72 bits per heavy atom. The van der Waals surface area contributed by atoms with Crippen LogP contribution in [0.25, 0.3) is 22.2 Å². The lowest BCUT2D eigenvalue weighted by atomic mass is 10.1. The highest BCUT2D eigenvalue weighted by Crippen LogP contribution is 2.21. The van der Waals surface area contributed by atoms with Crippen molar-refractivity contribution in [1.29, 1.82) is 0 Å². The second-order valence-corrected chi connectivity index (χ2v) is 7.03. The maximum absolute atomic E-state index is 12.6. The Bertz CT molecular complexity index is 1260. The Hall–Kier alpha value is -3.33. The topological polar surface area (TPSA) is 100 Å². The van der Waals surface area contributed by atoms with E-state index in [0.717, 1.165) is 10.0 Å². The molecule has 2 aromatic carbocycles. The summed E-state index contributed by atoms with van der Waals surface area (Å²) in [4.78, 5) is 29.3. The zero-order chi connectivity index (χ0) is 20.4. The van der Waals surface area contributed by atoms with E-state index in [-0.39, 0.29) is 23.8 Å². The molecule has 29 heavy (non-hydrogen) atoms. The molecule has 4 aromatic rings. The van der Waals surface area contributed by atoms with Crippen LogP contribution in [-0.4, -0.2) is 25.9 Å². The number of fused-ring (bicyclic) bond motifs is 1. The lowest BCUT2D eigenvalue weighted by Gasteiger charge is -2.08. The van der Waals surface area contributed by atoms with Gasteiger partial charge in [-0.25, -0.2) is 9.48 Å². The van der Waals surface area contributed by atoms with Gasteiger partial charge in [0.2, 0.25) is 5.82 Å².